The Kier molecular flexibility index (Phi) is 13.4. The van der Waals surface area contributed by atoms with Crippen LogP contribution in [0, 0.1) is 11.8 Å². The van der Waals surface area contributed by atoms with Crippen molar-refractivity contribution in [2.75, 3.05) is 52.9 Å². The third-order valence-corrected chi connectivity index (χ3v) is 8.31. The molecule has 2 N–H and O–H groups in total. The summed E-state index contributed by atoms with van der Waals surface area (Å²) in [6.07, 6.45) is 4.43. The lowest BCUT2D eigenvalue weighted by molar-refractivity contribution is -0.148. The van der Waals surface area contributed by atoms with Crippen LogP contribution in [0.4, 0.5) is 10.5 Å². The van der Waals surface area contributed by atoms with Gasteiger partial charge in [-0.1, -0.05) is 42.6 Å². The summed E-state index contributed by atoms with van der Waals surface area (Å²) in [5.74, 6) is 0.578. The number of rotatable bonds is 14. The number of urea groups is 1. The third kappa shape index (κ3) is 9.57. The van der Waals surface area contributed by atoms with Crippen LogP contribution in [0.5, 0.6) is 17.2 Å². The van der Waals surface area contributed by atoms with Crippen LogP contribution in [-0.2, 0) is 16.0 Å². The normalized spacial score (nSPS) is 15.7. The van der Waals surface area contributed by atoms with Gasteiger partial charge in [0.25, 0.3) is 0 Å². The second-order valence-corrected chi connectivity index (χ2v) is 11.4. The quantitative estimate of drug-likeness (QED) is 0.234. The van der Waals surface area contributed by atoms with Crippen LogP contribution in [-0.4, -0.2) is 70.5 Å². The highest BCUT2D eigenvalue weighted by molar-refractivity contribution is 6.42. The third-order valence-electron chi connectivity index (χ3n) is 7.57. The van der Waals surface area contributed by atoms with Crippen LogP contribution >= 0.6 is 23.2 Å². The number of hydrogen-bond acceptors (Lipinski definition) is 7. The van der Waals surface area contributed by atoms with Gasteiger partial charge in [-0.05, 0) is 69.3 Å². The lowest BCUT2D eigenvalue weighted by Crippen LogP contribution is -2.50. The van der Waals surface area contributed by atoms with Crippen LogP contribution in [0.15, 0.2) is 30.3 Å². The summed E-state index contributed by atoms with van der Waals surface area (Å²) in [7, 11) is 4.57. The zero-order valence-electron chi connectivity index (χ0n) is 25.1. The monoisotopic (exact) mass is 623 g/mol. The first kappa shape index (κ1) is 33.6. The number of methoxy groups -OCH3 is 3. The van der Waals surface area contributed by atoms with Crippen LogP contribution < -0.4 is 24.8 Å². The molecule has 0 bridgehead atoms. The van der Waals surface area contributed by atoms with Gasteiger partial charge in [-0.25, -0.2) is 4.79 Å². The van der Waals surface area contributed by atoms with Crippen LogP contribution in [0.2, 0.25) is 10.0 Å². The van der Waals surface area contributed by atoms with E-state index < -0.39 is 5.92 Å². The van der Waals surface area contributed by atoms with Gasteiger partial charge in [0.1, 0.15) is 0 Å². The molecule has 1 saturated heterocycles. The van der Waals surface area contributed by atoms with Crippen molar-refractivity contribution in [3.05, 3.63) is 45.9 Å². The molecule has 2 aromatic rings. The molecule has 232 valence electrons. The summed E-state index contributed by atoms with van der Waals surface area (Å²) in [5, 5.41) is 6.99. The first-order chi connectivity index (χ1) is 20.2. The van der Waals surface area contributed by atoms with E-state index in [-0.39, 0.29) is 30.6 Å². The predicted octanol–water partition coefficient (Wildman–Crippen LogP) is 6.44. The minimum absolute atomic E-state index is 0.0465. The molecule has 2 aromatic carbocycles. The number of nitrogens with zero attached hydrogens (tertiary/aromatic N) is 1. The molecule has 42 heavy (non-hydrogen) atoms. The van der Waals surface area contributed by atoms with E-state index in [1.165, 1.54) is 27.8 Å². The van der Waals surface area contributed by atoms with Crippen molar-refractivity contribution < 1.29 is 28.5 Å². The molecule has 0 saturated carbocycles. The van der Waals surface area contributed by atoms with Crippen molar-refractivity contribution in [2.24, 2.45) is 11.8 Å². The Morgan fingerprint density at radius 1 is 0.952 bits per heavy atom. The van der Waals surface area contributed by atoms with Gasteiger partial charge < -0.3 is 34.5 Å². The number of benzene rings is 2. The highest BCUT2D eigenvalue weighted by atomic mass is 35.5. The van der Waals surface area contributed by atoms with E-state index in [2.05, 4.69) is 22.5 Å². The standard InChI is InChI=1S/C31H43Cl2N3O6/c1-6-42-30(37)22(15-21-10-11-24(32)25(33)16-21)14-20(2)26(19-36-12-8-7-9-13-36)35-31(38)34-23-17-27(39-3)29(41-5)28(18-23)40-4/h10-11,16-18,20,22,26H,6-9,12-15,19H2,1-5H3,(H2,34,35,38). The number of hydrogen-bond donors (Lipinski definition) is 2. The second-order valence-electron chi connectivity index (χ2n) is 10.6. The van der Waals surface area contributed by atoms with Gasteiger partial charge in [0.15, 0.2) is 11.5 Å². The Bertz CT molecular complexity index is 1170. The number of carbonyl (C=O) groups is 2. The van der Waals surface area contributed by atoms with Crippen molar-refractivity contribution in [1.29, 1.82) is 0 Å². The number of anilines is 1. The van der Waals surface area contributed by atoms with Crippen molar-refractivity contribution in [1.82, 2.24) is 10.2 Å². The fourth-order valence-electron chi connectivity index (χ4n) is 5.36. The molecule has 0 aromatic heterocycles. The molecule has 1 heterocycles. The van der Waals surface area contributed by atoms with E-state index in [0.717, 1.165) is 31.5 Å². The molecule has 0 aliphatic carbocycles. The molecule has 2 amide bonds. The molecule has 0 radical (unpaired) electrons. The molecule has 1 aliphatic heterocycles. The SMILES string of the molecule is CCOC(=O)C(Cc1ccc(Cl)c(Cl)c1)CC(C)C(CN1CCCCC1)NC(=O)Nc1cc(OC)c(OC)c(OC)c1. The number of likely N-dealkylation sites (tertiary alicyclic amines) is 1. The zero-order valence-corrected chi connectivity index (χ0v) is 26.6. The number of nitrogens with one attached hydrogen (secondary N) is 2. The summed E-state index contributed by atoms with van der Waals surface area (Å²) in [4.78, 5) is 28.8. The summed E-state index contributed by atoms with van der Waals surface area (Å²) >= 11 is 12.4. The van der Waals surface area contributed by atoms with E-state index in [4.69, 9.17) is 42.1 Å². The lowest BCUT2D eigenvalue weighted by atomic mass is 9.86. The average molecular weight is 625 g/mol. The Morgan fingerprint density at radius 2 is 1.62 bits per heavy atom. The van der Waals surface area contributed by atoms with Crippen molar-refractivity contribution in [2.45, 2.75) is 52.0 Å². The minimum Gasteiger partial charge on any atom is -0.493 e. The smallest absolute Gasteiger partial charge is 0.319 e. The first-order valence-electron chi connectivity index (χ1n) is 14.4. The van der Waals surface area contributed by atoms with Crippen molar-refractivity contribution in [3.8, 4) is 17.2 Å². The average Bonchev–Trinajstić information content (AvgIpc) is 2.98. The van der Waals surface area contributed by atoms with Gasteiger partial charge in [-0.3, -0.25) is 4.79 Å². The van der Waals surface area contributed by atoms with Gasteiger partial charge in [0, 0.05) is 24.7 Å². The van der Waals surface area contributed by atoms with E-state index in [1.807, 2.05) is 6.07 Å². The molecule has 11 heteroatoms. The van der Waals surface area contributed by atoms with Crippen LogP contribution in [0.3, 0.4) is 0 Å². The highest BCUT2D eigenvalue weighted by Gasteiger charge is 2.30. The fourth-order valence-corrected chi connectivity index (χ4v) is 5.68. The predicted molar refractivity (Wildman–Crippen MR) is 166 cm³/mol. The summed E-state index contributed by atoms with van der Waals surface area (Å²) < 4.78 is 21.7. The molecule has 3 unspecified atom stereocenters. The van der Waals surface area contributed by atoms with Crippen molar-refractivity contribution in [3.63, 3.8) is 0 Å². The van der Waals surface area contributed by atoms with Gasteiger partial charge in [0.05, 0.1) is 49.6 Å². The Hall–Kier alpha value is -2.88. The van der Waals surface area contributed by atoms with E-state index in [1.54, 1.807) is 31.2 Å². The Labute approximate surface area is 259 Å². The maximum atomic E-state index is 13.3. The molecule has 3 atom stereocenters. The molecule has 0 spiro atoms. The maximum absolute atomic E-state index is 13.3. The molecule has 3 rings (SSSR count). The fraction of sp³-hybridized carbons (Fsp3) is 0.548. The summed E-state index contributed by atoms with van der Waals surface area (Å²) in [6, 6.07) is 8.16. The summed E-state index contributed by atoms with van der Waals surface area (Å²) in [5.41, 5.74) is 1.39. The van der Waals surface area contributed by atoms with E-state index in [9.17, 15) is 9.59 Å². The second kappa shape index (κ2) is 16.7. The number of halogens is 2. The maximum Gasteiger partial charge on any atom is 0.319 e. The molecular weight excluding hydrogens is 581 g/mol. The van der Waals surface area contributed by atoms with E-state index >= 15 is 0 Å². The van der Waals surface area contributed by atoms with Crippen molar-refractivity contribution >= 4 is 40.9 Å². The number of esters is 1. The number of carbonyl (C=O) groups excluding carboxylic acids is 2. The van der Waals surface area contributed by atoms with Crippen LogP contribution in [0.25, 0.3) is 0 Å². The van der Waals surface area contributed by atoms with Gasteiger partial charge in [-0.15, -0.1) is 0 Å². The van der Waals surface area contributed by atoms with E-state index in [0.29, 0.717) is 52.4 Å². The zero-order chi connectivity index (χ0) is 30.6. The molecular formula is C31H43Cl2N3O6. The lowest BCUT2D eigenvalue weighted by Gasteiger charge is -2.34. The molecule has 9 nitrogen and oxygen atoms in total. The number of amides is 2. The first-order valence-corrected chi connectivity index (χ1v) is 15.1. The summed E-state index contributed by atoms with van der Waals surface area (Å²) in [6.45, 7) is 6.78. The number of piperidine rings is 1. The van der Waals surface area contributed by atoms with Gasteiger partial charge >= 0.3 is 12.0 Å². The van der Waals surface area contributed by atoms with Crippen LogP contribution in [0.1, 0.15) is 45.1 Å². The molecule has 1 aliphatic rings. The number of ether oxygens (including phenoxy) is 4. The molecule has 1 fully saturated rings. The van der Waals surface area contributed by atoms with Gasteiger partial charge in [0.2, 0.25) is 5.75 Å². The van der Waals surface area contributed by atoms with Gasteiger partial charge in [-0.2, -0.15) is 0 Å². The highest BCUT2D eigenvalue weighted by Crippen LogP contribution is 2.40. The largest absolute Gasteiger partial charge is 0.493 e. The minimum atomic E-state index is -0.416. The Balaban J connectivity index is 1.80. The Morgan fingerprint density at radius 3 is 2.19 bits per heavy atom. The topological polar surface area (TPSA) is 98.4 Å².